The van der Waals surface area contributed by atoms with Gasteiger partial charge in [0.25, 0.3) is 0 Å². The predicted octanol–water partition coefficient (Wildman–Crippen LogP) is 1.42. The molecule has 2 amide bonds. The van der Waals surface area contributed by atoms with E-state index < -0.39 is 0 Å². The van der Waals surface area contributed by atoms with Crippen LogP contribution in [-0.2, 0) is 16.6 Å². The lowest BCUT2D eigenvalue weighted by Crippen LogP contribution is -2.55. The van der Waals surface area contributed by atoms with E-state index in [2.05, 4.69) is 5.10 Å². The van der Waals surface area contributed by atoms with Gasteiger partial charge in [-0.15, -0.1) is 0 Å². The molecule has 3 aliphatic rings. The third kappa shape index (κ3) is 2.99. The molecule has 6 nitrogen and oxygen atoms in total. The highest BCUT2D eigenvalue weighted by Crippen LogP contribution is 2.38. The average Bonchev–Trinajstić information content (AvgIpc) is 3.22. The minimum absolute atomic E-state index is 0.0604. The van der Waals surface area contributed by atoms with Gasteiger partial charge in [0.05, 0.1) is 17.8 Å². The number of carbonyl (C=O) groups excluding carboxylic acids is 2. The molecule has 2 saturated heterocycles. The maximum absolute atomic E-state index is 12.7. The van der Waals surface area contributed by atoms with Gasteiger partial charge in [0.15, 0.2) is 0 Å². The summed E-state index contributed by atoms with van der Waals surface area (Å²) in [6.45, 7) is 2.34. The van der Waals surface area contributed by atoms with Gasteiger partial charge in [-0.25, -0.2) is 0 Å². The molecule has 1 aliphatic carbocycles. The van der Waals surface area contributed by atoms with Crippen molar-refractivity contribution in [2.75, 3.05) is 24.5 Å². The normalized spacial score (nSPS) is 25.6. The largest absolute Gasteiger partial charge is 0.342 e. The molecule has 1 aromatic rings. The Bertz CT molecular complexity index is 616. The Balaban J connectivity index is 1.35. The summed E-state index contributed by atoms with van der Waals surface area (Å²) in [5.41, 5.74) is 0.796. The van der Waals surface area contributed by atoms with Crippen molar-refractivity contribution in [3.05, 3.63) is 12.4 Å². The van der Waals surface area contributed by atoms with Crippen LogP contribution in [0.15, 0.2) is 12.4 Å². The van der Waals surface area contributed by atoms with E-state index in [4.69, 9.17) is 0 Å². The first-order valence-electron chi connectivity index (χ1n) is 8.68. The quantitative estimate of drug-likeness (QED) is 0.844. The number of nitrogens with zero attached hydrogens (tertiary/aromatic N) is 4. The number of anilines is 1. The maximum Gasteiger partial charge on any atom is 0.227 e. The number of hydrogen-bond donors (Lipinski definition) is 0. The third-order valence-electron chi connectivity index (χ3n) is 5.40. The molecule has 1 saturated carbocycles. The summed E-state index contributed by atoms with van der Waals surface area (Å²) in [6, 6.07) is 0. The second-order valence-corrected chi connectivity index (χ2v) is 7.40. The second kappa shape index (κ2) is 5.65. The number of aromatic nitrogens is 2. The van der Waals surface area contributed by atoms with E-state index in [1.165, 1.54) is 19.3 Å². The van der Waals surface area contributed by atoms with E-state index in [-0.39, 0.29) is 17.7 Å². The van der Waals surface area contributed by atoms with Crippen molar-refractivity contribution in [3.8, 4) is 0 Å². The summed E-state index contributed by atoms with van der Waals surface area (Å²) in [7, 11) is 1.83. The third-order valence-corrected chi connectivity index (χ3v) is 5.40. The lowest BCUT2D eigenvalue weighted by atomic mass is 9.89. The molecule has 3 heterocycles. The van der Waals surface area contributed by atoms with Gasteiger partial charge in [-0.1, -0.05) is 12.8 Å². The molecule has 2 aliphatic heterocycles. The molecule has 23 heavy (non-hydrogen) atoms. The lowest BCUT2D eigenvalue weighted by molar-refractivity contribution is -0.143. The molecule has 6 heteroatoms. The number of hydrogen-bond acceptors (Lipinski definition) is 3. The van der Waals surface area contributed by atoms with E-state index in [1.807, 2.05) is 18.1 Å². The van der Waals surface area contributed by atoms with Gasteiger partial charge in [-0.2, -0.15) is 5.10 Å². The van der Waals surface area contributed by atoms with E-state index in [0.29, 0.717) is 25.3 Å². The molecule has 0 bridgehead atoms. The summed E-state index contributed by atoms with van der Waals surface area (Å²) in [6.07, 6.45) is 8.72. The number of likely N-dealkylation sites (tertiary alicyclic amines) is 1. The zero-order valence-electron chi connectivity index (χ0n) is 13.6. The monoisotopic (exact) mass is 316 g/mol. The minimum atomic E-state index is -0.0604. The Hall–Kier alpha value is -1.85. The van der Waals surface area contributed by atoms with Crippen LogP contribution in [0.1, 0.15) is 32.1 Å². The topological polar surface area (TPSA) is 58.4 Å². The molecule has 4 rings (SSSR count). The molecule has 0 spiro atoms. The van der Waals surface area contributed by atoms with Crippen LogP contribution >= 0.6 is 0 Å². The zero-order valence-corrected chi connectivity index (χ0v) is 13.6. The van der Waals surface area contributed by atoms with Crippen molar-refractivity contribution in [1.29, 1.82) is 0 Å². The predicted molar refractivity (Wildman–Crippen MR) is 85.7 cm³/mol. The van der Waals surface area contributed by atoms with Gasteiger partial charge >= 0.3 is 0 Å². The number of piperidine rings is 1. The van der Waals surface area contributed by atoms with E-state index >= 15 is 0 Å². The van der Waals surface area contributed by atoms with E-state index in [9.17, 15) is 9.59 Å². The highest BCUT2D eigenvalue weighted by molar-refractivity contribution is 5.96. The number of aryl methyl sites for hydroxylation is 1. The van der Waals surface area contributed by atoms with Crippen LogP contribution in [0, 0.1) is 17.8 Å². The van der Waals surface area contributed by atoms with Crippen molar-refractivity contribution < 1.29 is 9.59 Å². The highest BCUT2D eigenvalue weighted by atomic mass is 16.2. The minimum Gasteiger partial charge on any atom is -0.342 e. The summed E-state index contributed by atoms with van der Waals surface area (Å²) < 4.78 is 1.69. The fourth-order valence-electron chi connectivity index (χ4n) is 3.83. The number of rotatable bonds is 4. The summed E-state index contributed by atoms with van der Waals surface area (Å²) >= 11 is 0. The standard InChI is InChI=1S/C17H24N4O2/c1-19-11-15(7-18-19)21-10-14(4-5-16(21)22)17(23)20-8-13(9-20)6-12-2-3-12/h7,11-14H,2-6,8-10H2,1H3. The molecule has 1 atom stereocenters. The average molecular weight is 316 g/mol. The van der Waals surface area contributed by atoms with Gasteiger partial charge in [0.1, 0.15) is 0 Å². The van der Waals surface area contributed by atoms with Crippen molar-refractivity contribution in [2.45, 2.75) is 32.1 Å². The molecule has 124 valence electrons. The van der Waals surface area contributed by atoms with Crippen LogP contribution in [0.2, 0.25) is 0 Å². The fraction of sp³-hybridized carbons (Fsp3) is 0.706. The van der Waals surface area contributed by atoms with Gasteiger partial charge in [0.2, 0.25) is 11.8 Å². The first kappa shape index (κ1) is 14.7. The first-order valence-corrected chi connectivity index (χ1v) is 8.68. The van der Waals surface area contributed by atoms with Gasteiger partial charge in [-0.3, -0.25) is 14.3 Å². The van der Waals surface area contributed by atoms with Gasteiger partial charge in [-0.05, 0) is 24.7 Å². The molecule has 0 aromatic carbocycles. The first-order chi connectivity index (χ1) is 11.1. The van der Waals surface area contributed by atoms with Crippen LogP contribution in [0.3, 0.4) is 0 Å². The summed E-state index contributed by atoms with van der Waals surface area (Å²) in [5, 5.41) is 4.13. The van der Waals surface area contributed by atoms with Crippen molar-refractivity contribution in [2.24, 2.45) is 24.8 Å². The smallest absolute Gasteiger partial charge is 0.227 e. The highest BCUT2D eigenvalue weighted by Gasteiger charge is 2.39. The fourth-order valence-corrected chi connectivity index (χ4v) is 3.83. The summed E-state index contributed by atoms with van der Waals surface area (Å²) in [4.78, 5) is 28.6. The Kier molecular flexibility index (Phi) is 3.62. The maximum atomic E-state index is 12.7. The summed E-state index contributed by atoms with van der Waals surface area (Å²) in [5.74, 6) is 1.92. The van der Waals surface area contributed by atoms with Crippen LogP contribution in [-0.4, -0.2) is 46.1 Å². The van der Waals surface area contributed by atoms with Crippen LogP contribution in [0.5, 0.6) is 0 Å². The van der Waals surface area contributed by atoms with Crippen LogP contribution < -0.4 is 4.90 Å². The Morgan fingerprint density at radius 1 is 1.22 bits per heavy atom. The Labute approximate surface area is 136 Å². The number of amides is 2. The van der Waals surface area contributed by atoms with Crippen molar-refractivity contribution in [3.63, 3.8) is 0 Å². The molecule has 1 unspecified atom stereocenters. The molecule has 0 N–H and O–H groups in total. The molecular weight excluding hydrogens is 292 g/mol. The Morgan fingerprint density at radius 3 is 2.65 bits per heavy atom. The molecule has 0 radical (unpaired) electrons. The molecular formula is C17H24N4O2. The second-order valence-electron chi connectivity index (χ2n) is 7.40. The van der Waals surface area contributed by atoms with Gasteiger partial charge in [0, 0.05) is 39.3 Å². The lowest BCUT2D eigenvalue weighted by Gasteiger charge is -2.43. The van der Waals surface area contributed by atoms with Crippen molar-refractivity contribution >= 4 is 17.5 Å². The molecule has 3 fully saturated rings. The van der Waals surface area contributed by atoms with E-state index in [1.54, 1.807) is 15.8 Å². The number of carbonyl (C=O) groups is 2. The van der Waals surface area contributed by atoms with E-state index in [0.717, 1.165) is 24.7 Å². The molecule has 1 aromatic heterocycles. The Morgan fingerprint density at radius 2 is 2.00 bits per heavy atom. The van der Waals surface area contributed by atoms with Crippen molar-refractivity contribution in [1.82, 2.24) is 14.7 Å². The van der Waals surface area contributed by atoms with Gasteiger partial charge < -0.3 is 9.80 Å². The van der Waals surface area contributed by atoms with Crippen LogP contribution in [0.25, 0.3) is 0 Å². The zero-order chi connectivity index (χ0) is 16.0. The van der Waals surface area contributed by atoms with Crippen LogP contribution in [0.4, 0.5) is 5.69 Å². The SMILES string of the molecule is Cn1cc(N2CC(C(=O)N3CC(CC4CC4)C3)CCC2=O)cn1.